The Hall–Kier alpha value is -0.550. The first-order chi connectivity index (χ1) is 5.24. The number of rotatable bonds is 4. The minimum absolute atomic E-state index is 0.157. The van der Waals surface area contributed by atoms with Crippen molar-refractivity contribution in [1.29, 1.82) is 5.26 Å². The van der Waals surface area contributed by atoms with Gasteiger partial charge in [0.05, 0.1) is 12.0 Å². The molecule has 0 amide bonds. The third-order valence-electron chi connectivity index (χ3n) is 2.35. The Balaban J connectivity index is 1.93. The molecule has 0 aromatic heterocycles. The molecular weight excluding hydrogens is 136 g/mol. The molecule has 1 aliphatic carbocycles. The largest absolute Gasteiger partial charge is 0.315 e. The molecule has 0 aromatic rings. The van der Waals surface area contributed by atoms with E-state index in [1.54, 1.807) is 0 Å². The highest BCUT2D eigenvalue weighted by Gasteiger charge is 2.31. The molecule has 3 atom stereocenters. The van der Waals surface area contributed by atoms with E-state index < -0.39 is 0 Å². The van der Waals surface area contributed by atoms with E-state index in [4.69, 9.17) is 5.26 Å². The van der Waals surface area contributed by atoms with Gasteiger partial charge in [0, 0.05) is 6.54 Å². The minimum Gasteiger partial charge on any atom is -0.315 e. The first-order valence-corrected chi connectivity index (χ1v) is 4.34. The van der Waals surface area contributed by atoms with Crippen LogP contribution in [0.15, 0.2) is 0 Å². The minimum atomic E-state index is 0.157. The second-order valence-electron chi connectivity index (χ2n) is 3.66. The summed E-state index contributed by atoms with van der Waals surface area (Å²) in [6.07, 6.45) is 1.37. The molecule has 0 radical (unpaired) electrons. The summed E-state index contributed by atoms with van der Waals surface area (Å²) in [7, 11) is 0. The van der Waals surface area contributed by atoms with Gasteiger partial charge in [0.25, 0.3) is 0 Å². The highest BCUT2D eigenvalue weighted by atomic mass is 14.9. The SMILES string of the molecule is CC(C#N)CNCC1CC1C. The van der Waals surface area contributed by atoms with E-state index in [0.717, 1.165) is 24.9 Å². The van der Waals surface area contributed by atoms with Gasteiger partial charge in [-0.15, -0.1) is 0 Å². The van der Waals surface area contributed by atoms with Crippen molar-refractivity contribution in [1.82, 2.24) is 5.32 Å². The summed E-state index contributed by atoms with van der Waals surface area (Å²) in [5, 5.41) is 11.8. The summed E-state index contributed by atoms with van der Waals surface area (Å²) < 4.78 is 0. The van der Waals surface area contributed by atoms with Gasteiger partial charge in [-0.1, -0.05) is 6.92 Å². The fourth-order valence-electron chi connectivity index (χ4n) is 1.21. The molecule has 0 saturated heterocycles. The van der Waals surface area contributed by atoms with Gasteiger partial charge >= 0.3 is 0 Å². The molecule has 0 spiro atoms. The predicted octanol–water partition coefficient (Wildman–Crippen LogP) is 1.39. The molecule has 1 saturated carbocycles. The van der Waals surface area contributed by atoms with Crippen molar-refractivity contribution in [3.8, 4) is 6.07 Å². The van der Waals surface area contributed by atoms with Crippen LogP contribution < -0.4 is 5.32 Å². The first-order valence-electron chi connectivity index (χ1n) is 4.34. The average Bonchev–Trinajstić information content (AvgIpc) is 2.66. The molecule has 0 aliphatic heterocycles. The van der Waals surface area contributed by atoms with Gasteiger partial charge in [-0.25, -0.2) is 0 Å². The molecule has 1 aliphatic rings. The van der Waals surface area contributed by atoms with Crippen molar-refractivity contribution in [2.45, 2.75) is 20.3 Å². The van der Waals surface area contributed by atoms with Gasteiger partial charge in [0.1, 0.15) is 0 Å². The van der Waals surface area contributed by atoms with E-state index in [2.05, 4.69) is 18.3 Å². The molecule has 0 aromatic carbocycles. The van der Waals surface area contributed by atoms with Crippen LogP contribution in [-0.2, 0) is 0 Å². The van der Waals surface area contributed by atoms with Crippen LogP contribution >= 0.6 is 0 Å². The number of hydrogen-bond acceptors (Lipinski definition) is 2. The van der Waals surface area contributed by atoms with E-state index >= 15 is 0 Å². The fraction of sp³-hybridized carbons (Fsp3) is 0.889. The molecule has 2 nitrogen and oxygen atoms in total. The molecule has 3 unspecified atom stereocenters. The molecule has 62 valence electrons. The van der Waals surface area contributed by atoms with E-state index in [0.29, 0.717) is 0 Å². The van der Waals surface area contributed by atoms with Gasteiger partial charge < -0.3 is 5.32 Å². The van der Waals surface area contributed by atoms with Crippen molar-refractivity contribution in [3.05, 3.63) is 0 Å². The van der Waals surface area contributed by atoms with Crippen LogP contribution in [0, 0.1) is 29.1 Å². The van der Waals surface area contributed by atoms with Crippen LogP contribution in [0.3, 0.4) is 0 Å². The third-order valence-corrected chi connectivity index (χ3v) is 2.35. The normalized spacial score (nSPS) is 31.0. The summed E-state index contributed by atoms with van der Waals surface area (Å²) in [4.78, 5) is 0. The molecule has 11 heavy (non-hydrogen) atoms. The van der Waals surface area contributed by atoms with Gasteiger partial charge in [-0.05, 0) is 31.7 Å². The molecule has 0 bridgehead atoms. The summed E-state index contributed by atoms with van der Waals surface area (Å²) in [6.45, 7) is 6.18. The molecule has 1 rings (SSSR count). The lowest BCUT2D eigenvalue weighted by Gasteiger charge is -2.03. The van der Waals surface area contributed by atoms with Crippen molar-refractivity contribution in [2.24, 2.45) is 17.8 Å². The molecule has 1 N–H and O–H groups in total. The maximum Gasteiger partial charge on any atom is 0.0666 e. The smallest absolute Gasteiger partial charge is 0.0666 e. The number of nitriles is 1. The molecule has 1 fully saturated rings. The van der Waals surface area contributed by atoms with Crippen molar-refractivity contribution in [2.75, 3.05) is 13.1 Å². The van der Waals surface area contributed by atoms with E-state index in [-0.39, 0.29) is 5.92 Å². The fourth-order valence-corrected chi connectivity index (χ4v) is 1.21. The topological polar surface area (TPSA) is 35.8 Å². The Kier molecular flexibility index (Phi) is 2.90. The zero-order valence-electron chi connectivity index (χ0n) is 7.30. The summed E-state index contributed by atoms with van der Waals surface area (Å²) >= 11 is 0. The zero-order chi connectivity index (χ0) is 8.27. The number of nitrogens with zero attached hydrogens (tertiary/aromatic N) is 1. The molecular formula is C9H16N2. The quantitative estimate of drug-likeness (QED) is 0.660. The Bertz CT molecular complexity index is 159. The van der Waals surface area contributed by atoms with Gasteiger partial charge in [-0.3, -0.25) is 0 Å². The Morgan fingerprint density at radius 2 is 2.36 bits per heavy atom. The van der Waals surface area contributed by atoms with E-state index in [1.165, 1.54) is 6.42 Å². The highest BCUT2D eigenvalue weighted by Crippen LogP contribution is 2.36. The van der Waals surface area contributed by atoms with Crippen LogP contribution in [0.5, 0.6) is 0 Å². The van der Waals surface area contributed by atoms with Crippen LogP contribution in [0.25, 0.3) is 0 Å². The maximum absolute atomic E-state index is 8.48. The first kappa shape index (κ1) is 8.55. The average molecular weight is 152 g/mol. The zero-order valence-corrected chi connectivity index (χ0v) is 7.30. The summed E-state index contributed by atoms with van der Waals surface area (Å²) in [6, 6.07) is 2.21. The predicted molar refractivity (Wildman–Crippen MR) is 44.9 cm³/mol. The lowest BCUT2D eigenvalue weighted by Crippen LogP contribution is -2.22. The maximum atomic E-state index is 8.48. The van der Waals surface area contributed by atoms with Crippen LogP contribution in [0.1, 0.15) is 20.3 Å². The number of nitrogens with one attached hydrogen (secondary N) is 1. The Labute approximate surface area is 68.6 Å². The van der Waals surface area contributed by atoms with Crippen LogP contribution in [0.4, 0.5) is 0 Å². The second-order valence-corrected chi connectivity index (χ2v) is 3.66. The number of hydrogen-bond donors (Lipinski definition) is 1. The van der Waals surface area contributed by atoms with Crippen molar-refractivity contribution >= 4 is 0 Å². The van der Waals surface area contributed by atoms with E-state index in [9.17, 15) is 0 Å². The lowest BCUT2D eigenvalue weighted by atomic mass is 10.2. The molecule has 0 heterocycles. The van der Waals surface area contributed by atoms with Crippen LogP contribution in [-0.4, -0.2) is 13.1 Å². The van der Waals surface area contributed by atoms with Crippen molar-refractivity contribution in [3.63, 3.8) is 0 Å². The Morgan fingerprint density at radius 3 is 2.82 bits per heavy atom. The molecule has 2 heteroatoms. The van der Waals surface area contributed by atoms with E-state index in [1.807, 2.05) is 6.92 Å². The second kappa shape index (κ2) is 3.73. The van der Waals surface area contributed by atoms with Gasteiger partial charge in [0.15, 0.2) is 0 Å². The van der Waals surface area contributed by atoms with Crippen LogP contribution in [0.2, 0.25) is 0 Å². The highest BCUT2D eigenvalue weighted by molar-refractivity contribution is 4.86. The van der Waals surface area contributed by atoms with Gasteiger partial charge in [0.2, 0.25) is 0 Å². The van der Waals surface area contributed by atoms with Gasteiger partial charge in [-0.2, -0.15) is 5.26 Å². The van der Waals surface area contributed by atoms with Crippen molar-refractivity contribution < 1.29 is 0 Å². The standard InChI is InChI=1S/C9H16N2/c1-7(4-10)5-11-6-9-3-8(9)2/h7-9,11H,3,5-6H2,1-2H3. The lowest BCUT2D eigenvalue weighted by molar-refractivity contribution is 0.562. The third kappa shape index (κ3) is 2.90. The monoisotopic (exact) mass is 152 g/mol. The summed E-state index contributed by atoms with van der Waals surface area (Å²) in [5.74, 6) is 1.96. The Morgan fingerprint density at radius 1 is 1.73 bits per heavy atom. The summed E-state index contributed by atoms with van der Waals surface area (Å²) in [5.41, 5.74) is 0.